The molecule has 0 bridgehead atoms. The minimum Gasteiger partial charge on any atom is -0.370 e. The van der Waals surface area contributed by atoms with E-state index >= 15 is 0 Å². The number of amides is 2. The van der Waals surface area contributed by atoms with Gasteiger partial charge in [0.2, 0.25) is 11.8 Å². The van der Waals surface area contributed by atoms with Crippen LogP contribution in [0.5, 0.6) is 0 Å². The highest BCUT2D eigenvalue weighted by atomic mass is 16.2. The van der Waals surface area contributed by atoms with Gasteiger partial charge in [-0.1, -0.05) is 0 Å². The fourth-order valence-corrected chi connectivity index (χ4v) is 1.58. The predicted octanol–water partition coefficient (Wildman–Crippen LogP) is -0.928. The lowest BCUT2D eigenvalue weighted by molar-refractivity contribution is -0.135. The van der Waals surface area contributed by atoms with E-state index in [0.29, 0.717) is 19.5 Å². The van der Waals surface area contributed by atoms with Gasteiger partial charge < -0.3 is 11.1 Å². The van der Waals surface area contributed by atoms with Crippen molar-refractivity contribution >= 4 is 11.8 Å². The Morgan fingerprint density at radius 3 is 2.86 bits per heavy atom. The third-order valence-electron chi connectivity index (χ3n) is 2.64. The fraction of sp³-hybridized carbons (Fsp3) is 0.778. The summed E-state index contributed by atoms with van der Waals surface area (Å²) in [4.78, 5) is 24.1. The number of hydrogen-bond acceptors (Lipinski definition) is 3. The Bertz CT molecular complexity index is 250. The number of nitrogens with zero attached hydrogens (tertiary/aromatic N) is 1. The van der Waals surface area contributed by atoms with Crippen molar-refractivity contribution in [2.24, 2.45) is 5.73 Å². The molecule has 0 aromatic heterocycles. The highest BCUT2D eigenvalue weighted by Gasteiger charge is 2.37. The van der Waals surface area contributed by atoms with Crippen LogP contribution in [0.15, 0.2) is 0 Å². The number of rotatable bonds is 3. The molecule has 1 aliphatic rings. The molecule has 1 saturated heterocycles. The molecule has 5 nitrogen and oxygen atoms in total. The standard InChI is InChI=1S/C9H17N3O2/c1-9(2)8(14)11-4-6-12(9)5-3-7(10)13/h3-6H2,1-2H3,(H2,10,13)(H,11,14). The smallest absolute Gasteiger partial charge is 0.239 e. The highest BCUT2D eigenvalue weighted by molar-refractivity contribution is 5.86. The first-order chi connectivity index (χ1) is 6.44. The third kappa shape index (κ3) is 2.23. The Labute approximate surface area is 83.6 Å². The van der Waals surface area contributed by atoms with E-state index in [4.69, 9.17) is 5.73 Å². The van der Waals surface area contributed by atoms with Gasteiger partial charge in [0.15, 0.2) is 0 Å². The Morgan fingerprint density at radius 2 is 2.29 bits per heavy atom. The second kappa shape index (κ2) is 3.96. The zero-order valence-electron chi connectivity index (χ0n) is 8.67. The van der Waals surface area contributed by atoms with Crippen molar-refractivity contribution in [2.75, 3.05) is 19.6 Å². The average molecular weight is 199 g/mol. The molecule has 14 heavy (non-hydrogen) atoms. The van der Waals surface area contributed by atoms with Crippen LogP contribution in [0.25, 0.3) is 0 Å². The van der Waals surface area contributed by atoms with Crippen molar-refractivity contribution in [1.82, 2.24) is 10.2 Å². The first kappa shape index (κ1) is 11.0. The van der Waals surface area contributed by atoms with Crippen LogP contribution < -0.4 is 11.1 Å². The molecular formula is C9H17N3O2. The Hall–Kier alpha value is -1.10. The average Bonchev–Trinajstić information content (AvgIpc) is 2.07. The summed E-state index contributed by atoms with van der Waals surface area (Å²) < 4.78 is 0. The molecular weight excluding hydrogens is 182 g/mol. The van der Waals surface area contributed by atoms with Crippen molar-refractivity contribution in [3.63, 3.8) is 0 Å². The maximum absolute atomic E-state index is 11.5. The van der Waals surface area contributed by atoms with E-state index in [1.165, 1.54) is 0 Å². The van der Waals surface area contributed by atoms with Gasteiger partial charge in [-0.2, -0.15) is 0 Å². The van der Waals surface area contributed by atoms with Crippen LogP contribution in [0.3, 0.4) is 0 Å². The van der Waals surface area contributed by atoms with Gasteiger partial charge in [0.05, 0.1) is 5.54 Å². The molecule has 0 radical (unpaired) electrons. The van der Waals surface area contributed by atoms with E-state index in [0.717, 1.165) is 6.54 Å². The Balaban J connectivity index is 2.58. The van der Waals surface area contributed by atoms with E-state index in [1.807, 2.05) is 18.7 Å². The van der Waals surface area contributed by atoms with Crippen LogP contribution in [0.4, 0.5) is 0 Å². The Kier molecular flexibility index (Phi) is 3.10. The lowest BCUT2D eigenvalue weighted by atomic mass is 9.99. The number of nitrogens with one attached hydrogen (secondary N) is 1. The molecule has 0 aliphatic carbocycles. The molecule has 0 spiro atoms. The summed E-state index contributed by atoms with van der Waals surface area (Å²) in [6, 6.07) is 0. The van der Waals surface area contributed by atoms with Crippen molar-refractivity contribution < 1.29 is 9.59 Å². The van der Waals surface area contributed by atoms with Crippen LogP contribution >= 0.6 is 0 Å². The number of primary amides is 1. The predicted molar refractivity (Wildman–Crippen MR) is 52.5 cm³/mol. The molecule has 5 heteroatoms. The number of piperazine rings is 1. The molecule has 1 heterocycles. The molecule has 0 atom stereocenters. The van der Waals surface area contributed by atoms with Crippen molar-refractivity contribution in [3.05, 3.63) is 0 Å². The monoisotopic (exact) mass is 199 g/mol. The van der Waals surface area contributed by atoms with Gasteiger partial charge in [-0.3, -0.25) is 14.5 Å². The number of carbonyl (C=O) groups is 2. The number of nitrogens with two attached hydrogens (primary N) is 1. The van der Waals surface area contributed by atoms with E-state index in [1.54, 1.807) is 0 Å². The quantitative estimate of drug-likeness (QED) is 0.616. The SMILES string of the molecule is CC1(C)C(=O)NCCN1CCC(N)=O. The van der Waals surface area contributed by atoms with Crippen LogP contribution in [0.1, 0.15) is 20.3 Å². The molecule has 1 rings (SSSR count). The molecule has 0 aromatic carbocycles. The molecule has 1 fully saturated rings. The topological polar surface area (TPSA) is 75.4 Å². The normalized spacial score (nSPS) is 21.7. The van der Waals surface area contributed by atoms with Gasteiger partial charge >= 0.3 is 0 Å². The maximum atomic E-state index is 11.5. The molecule has 1 aliphatic heterocycles. The van der Waals surface area contributed by atoms with Gasteiger partial charge in [-0.05, 0) is 13.8 Å². The molecule has 0 saturated carbocycles. The van der Waals surface area contributed by atoms with Gasteiger partial charge in [-0.25, -0.2) is 0 Å². The minimum atomic E-state index is -0.534. The summed E-state index contributed by atoms with van der Waals surface area (Å²) in [5.74, 6) is -0.319. The lowest BCUT2D eigenvalue weighted by Crippen LogP contribution is -2.62. The van der Waals surface area contributed by atoms with Crippen LogP contribution in [0, 0.1) is 0 Å². The van der Waals surface area contributed by atoms with Gasteiger partial charge in [0.25, 0.3) is 0 Å². The van der Waals surface area contributed by atoms with E-state index in [9.17, 15) is 9.59 Å². The van der Waals surface area contributed by atoms with Gasteiger partial charge in [-0.15, -0.1) is 0 Å². The summed E-state index contributed by atoms with van der Waals surface area (Å²) in [5, 5.41) is 2.79. The van der Waals surface area contributed by atoms with E-state index in [2.05, 4.69) is 5.32 Å². The van der Waals surface area contributed by atoms with Crippen LogP contribution in [0.2, 0.25) is 0 Å². The molecule has 0 aromatic rings. The third-order valence-corrected chi connectivity index (χ3v) is 2.64. The molecule has 2 amide bonds. The van der Waals surface area contributed by atoms with Crippen LogP contribution in [-0.4, -0.2) is 41.9 Å². The zero-order valence-corrected chi connectivity index (χ0v) is 8.67. The van der Waals surface area contributed by atoms with Crippen LogP contribution in [-0.2, 0) is 9.59 Å². The highest BCUT2D eigenvalue weighted by Crippen LogP contribution is 2.17. The first-order valence-electron chi connectivity index (χ1n) is 4.76. The number of carbonyl (C=O) groups excluding carboxylic acids is 2. The second-order valence-corrected chi connectivity index (χ2v) is 4.02. The zero-order chi connectivity index (χ0) is 10.8. The Morgan fingerprint density at radius 1 is 1.64 bits per heavy atom. The molecule has 0 unspecified atom stereocenters. The summed E-state index contributed by atoms with van der Waals surface area (Å²) in [6.45, 7) is 5.66. The second-order valence-electron chi connectivity index (χ2n) is 4.02. The van der Waals surface area contributed by atoms with E-state index in [-0.39, 0.29) is 11.8 Å². The fourth-order valence-electron chi connectivity index (χ4n) is 1.58. The summed E-state index contributed by atoms with van der Waals surface area (Å²) in [5.41, 5.74) is 4.53. The van der Waals surface area contributed by atoms with Crippen molar-refractivity contribution in [2.45, 2.75) is 25.8 Å². The summed E-state index contributed by atoms with van der Waals surface area (Å²) in [7, 11) is 0. The number of hydrogen-bond donors (Lipinski definition) is 2. The molecule has 3 N–H and O–H groups in total. The molecule has 80 valence electrons. The van der Waals surface area contributed by atoms with Gasteiger partial charge in [0.1, 0.15) is 0 Å². The lowest BCUT2D eigenvalue weighted by Gasteiger charge is -2.40. The first-order valence-corrected chi connectivity index (χ1v) is 4.76. The largest absolute Gasteiger partial charge is 0.370 e. The minimum absolute atomic E-state index is 0.00761. The van der Waals surface area contributed by atoms with Crippen molar-refractivity contribution in [3.8, 4) is 0 Å². The van der Waals surface area contributed by atoms with Gasteiger partial charge in [0, 0.05) is 26.1 Å². The maximum Gasteiger partial charge on any atom is 0.239 e. The van der Waals surface area contributed by atoms with E-state index < -0.39 is 5.54 Å². The van der Waals surface area contributed by atoms with Crippen molar-refractivity contribution in [1.29, 1.82) is 0 Å². The summed E-state index contributed by atoms with van der Waals surface area (Å²) in [6.07, 6.45) is 0.302. The summed E-state index contributed by atoms with van der Waals surface area (Å²) >= 11 is 0.